The van der Waals surface area contributed by atoms with Crippen molar-refractivity contribution in [1.82, 2.24) is 4.98 Å². The molecular formula is C22H22ClNO2. The zero-order valence-electron chi connectivity index (χ0n) is 14.7. The van der Waals surface area contributed by atoms with Crippen LogP contribution in [0.1, 0.15) is 18.9 Å². The fraction of sp³-hybridized carbons (Fsp3) is 0.227. The van der Waals surface area contributed by atoms with E-state index in [0.29, 0.717) is 11.4 Å². The minimum Gasteiger partial charge on any atom is -0.488 e. The minimum absolute atomic E-state index is 0.288. The van der Waals surface area contributed by atoms with Gasteiger partial charge < -0.3 is 9.84 Å². The number of ether oxygens (including phenoxy) is 1. The van der Waals surface area contributed by atoms with Gasteiger partial charge >= 0.3 is 0 Å². The first-order valence-electron chi connectivity index (χ1n) is 8.71. The second-order valence-corrected chi connectivity index (χ2v) is 6.76. The predicted molar refractivity (Wildman–Crippen MR) is 106 cm³/mol. The third kappa shape index (κ3) is 5.07. The van der Waals surface area contributed by atoms with E-state index in [1.165, 1.54) is 0 Å². The summed E-state index contributed by atoms with van der Waals surface area (Å²) < 4.78 is 5.89. The number of hydrogen-bond acceptors (Lipinski definition) is 3. The average molecular weight is 368 g/mol. The van der Waals surface area contributed by atoms with Crippen molar-refractivity contribution in [2.75, 3.05) is 0 Å². The molecule has 26 heavy (non-hydrogen) atoms. The van der Waals surface area contributed by atoms with Crippen molar-refractivity contribution in [2.45, 2.75) is 32.0 Å². The molecule has 0 aliphatic heterocycles. The smallest absolute Gasteiger partial charge is 0.122 e. The van der Waals surface area contributed by atoms with Gasteiger partial charge in [-0.3, -0.25) is 4.98 Å². The van der Waals surface area contributed by atoms with Crippen molar-refractivity contribution in [3.63, 3.8) is 0 Å². The van der Waals surface area contributed by atoms with Crippen molar-refractivity contribution in [2.24, 2.45) is 0 Å². The Labute approximate surface area is 159 Å². The van der Waals surface area contributed by atoms with E-state index in [9.17, 15) is 5.11 Å². The summed E-state index contributed by atoms with van der Waals surface area (Å²) in [7, 11) is 0. The van der Waals surface area contributed by atoms with Gasteiger partial charge in [-0.25, -0.2) is 0 Å². The van der Waals surface area contributed by atoms with E-state index in [1.54, 1.807) is 6.20 Å². The Morgan fingerprint density at radius 2 is 1.85 bits per heavy atom. The minimum atomic E-state index is -0.539. The Bertz CT molecular complexity index is 821. The van der Waals surface area contributed by atoms with Crippen LogP contribution in [0, 0.1) is 0 Å². The molecule has 0 saturated carbocycles. The summed E-state index contributed by atoms with van der Waals surface area (Å²) in [6.45, 7) is 1.89. The molecule has 0 radical (unpaired) electrons. The maximum atomic E-state index is 10.3. The molecule has 0 aliphatic rings. The quantitative estimate of drug-likeness (QED) is 0.627. The van der Waals surface area contributed by atoms with E-state index in [1.807, 2.05) is 73.8 Å². The van der Waals surface area contributed by atoms with E-state index in [-0.39, 0.29) is 6.10 Å². The van der Waals surface area contributed by atoms with Gasteiger partial charge in [0.2, 0.25) is 0 Å². The Kier molecular flexibility index (Phi) is 6.26. The summed E-state index contributed by atoms with van der Waals surface area (Å²) in [5.41, 5.74) is 3.25. The van der Waals surface area contributed by atoms with Crippen LogP contribution >= 0.6 is 11.6 Å². The first-order valence-corrected chi connectivity index (χ1v) is 9.09. The van der Waals surface area contributed by atoms with Crippen LogP contribution in [-0.2, 0) is 6.42 Å². The number of benzene rings is 2. The molecule has 134 valence electrons. The lowest BCUT2D eigenvalue weighted by Crippen LogP contribution is -2.29. The lowest BCUT2D eigenvalue weighted by molar-refractivity contribution is 0.0420. The van der Waals surface area contributed by atoms with Crippen molar-refractivity contribution in [3.8, 4) is 16.9 Å². The summed E-state index contributed by atoms with van der Waals surface area (Å²) in [4.78, 5) is 4.09. The fourth-order valence-electron chi connectivity index (χ4n) is 2.78. The number of rotatable bonds is 7. The number of pyridine rings is 1. The molecule has 0 aliphatic carbocycles. The monoisotopic (exact) mass is 367 g/mol. The highest BCUT2D eigenvalue weighted by Crippen LogP contribution is 2.25. The van der Waals surface area contributed by atoms with Crippen LogP contribution in [0.15, 0.2) is 73.1 Å². The molecule has 0 fully saturated rings. The first kappa shape index (κ1) is 18.4. The molecule has 0 bridgehead atoms. The molecule has 3 rings (SSSR count). The largest absolute Gasteiger partial charge is 0.488 e. The SMILES string of the molecule is CC(Oc1ccc(-c2cccc(Cl)c2)cc1)C(O)CCc1cccnc1. The third-order valence-electron chi connectivity index (χ3n) is 4.33. The van der Waals surface area contributed by atoms with E-state index in [2.05, 4.69) is 4.98 Å². The van der Waals surface area contributed by atoms with Crippen LogP contribution in [0.2, 0.25) is 5.02 Å². The highest BCUT2D eigenvalue weighted by molar-refractivity contribution is 6.30. The van der Waals surface area contributed by atoms with E-state index in [0.717, 1.165) is 28.9 Å². The second kappa shape index (κ2) is 8.84. The number of aromatic nitrogens is 1. The molecule has 0 spiro atoms. The van der Waals surface area contributed by atoms with E-state index < -0.39 is 6.10 Å². The van der Waals surface area contributed by atoms with Crippen molar-refractivity contribution in [1.29, 1.82) is 0 Å². The molecule has 2 unspecified atom stereocenters. The van der Waals surface area contributed by atoms with Crippen LogP contribution in [0.25, 0.3) is 11.1 Å². The molecular weight excluding hydrogens is 346 g/mol. The first-order chi connectivity index (χ1) is 12.6. The Morgan fingerprint density at radius 3 is 2.54 bits per heavy atom. The van der Waals surface area contributed by atoms with Crippen molar-refractivity contribution < 1.29 is 9.84 Å². The molecule has 2 atom stereocenters. The van der Waals surface area contributed by atoms with Gasteiger partial charge in [0, 0.05) is 17.4 Å². The average Bonchev–Trinajstić information content (AvgIpc) is 2.67. The number of halogens is 1. The summed E-state index contributed by atoms with van der Waals surface area (Å²) in [6.07, 6.45) is 4.15. The molecule has 3 nitrogen and oxygen atoms in total. The topological polar surface area (TPSA) is 42.4 Å². The fourth-order valence-corrected chi connectivity index (χ4v) is 2.97. The Hall–Kier alpha value is -2.36. The summed E-state index contributed by atoms with van der Waals surface area (Å²) in [5.74, 6) is 0.740. The Balaban J connectivity index is 1.56. The van der Waals surface area contributed by atoms with Gasteiger partial charge in [-0.1, -0.05) is 41.9 Å². The third-order valence-corrected chi connectivity index (χ3v) is 4.56. The van der Waals surface area contributed by atoms with Gasteiger partial charge in [-0.05, 0) is 66.8 Å². The second-order valence-electron chi connectivity index (χ2n) is 6.32. The lowest BCUT2D eigenvalue weighted by atomic mass is 10.0. The molecule has 4 heteroatoms. The summed E-state index contributed by atoms with van der Waals surface area (Å²) in [6, 6.07) is 19.5. The maximum Gasteiger partial charge on any atom is 0.122 e. The van der Waals surface area contributed by atoms with Crippen LogP contribution < -0.4 is 4.74 Å². The molecule has 0 amide bonds. The molecule has 1 heterocycles. The van der Waals surface area contributed by atoms with E-state index in [4.69, 9.17) is 16.3 Å². The number of aliphatic hydroxyl groups is 1. The zero-order valence-corrected chi connectivity index (χ0v) is 15.4. The van der Waals surface area contributed by atoms with Crippen LogP contribution in [0.5, 0.6) is 5.75 Å². The summed E-state index contributed by atoms with van der Waals surface area (Å²) in [5, 5.41) is 11.1. The van der Waals surface area contributed by atoms with Crippen LogP contribution in [0.4, 0.5) is 0 Å². The van der Waals surface area contributed by atoms with Crippen molar-refractivity contribution >= 4 is 11.6 Å². The molecule has 3 aromatic rings. The normalized spacial score (nSPS) is 13.2. The number of nitrogens with zero attached hydrogens (tertiary/aromatic N) is 1. The van der Waals surface area contributed by atoms with Gasteiger partial charge in [0.05, 0.1) is 6.10 Å². The van der Waals surface area contributed by atoms with Crippen LogP contribution in [-0.4, -0.2) is 22.3 Å². The predicted octanol–water partition coefficient (Wildman–Crippen LogP) is 5.16. The molecule has 1 aromatic heterocycles. The number of aryl methyl sites for hydroxylation is 1. The van der Waals surface area contributed by atoms with Crippen LogP contribution in [0.3, 0.4) is 0 Å². The summed E-state index contributed by atoms with van der Waals surface area (Å²) >= 11 is 6.05. The van der Waals surface area contributed by atoms with Crippen molar-refractivity contribution in [3.05, 3.63) is 83.6 Å². The lowest BCUT2D eigenvalue weighted by Gasteiger charge is -2.20. The zero-order chi connectivity index (χ0) is 18.4. The molecule has 1 N–H and O–H groups in total. The maximum absolute atomic E-state index is 10.3. The molecule has 2 aromatic carbocycles. The van der Waals surface area contributed by atoms with Gasteiger partial charge in [-0.2, -0.15) is 0 Å². The highest BCUT2D eigenvalue weighted by Gasteiger charge is 2.16. The highest BCUT2D eigenvalue weighted by atomic mass is 35.5. The van der Waals surface area contributed by atoms with Gasteiger partial charge in [0.25, 0.3) is 0 Å². The van der Waals surface area contributed by atoms with Gasteiger partial charge in [0.1, 0.15) is 11.9 Å². The van der Waals surface area contributed by atoms with E-state index >= 15 is 0 Å². The Morgan fingerprint density at radius 1 is 1.04 bits per heavy atom. The standard InChI is InChI=1S/C22H22ClNO2/c1-16(22(25)12-7-17-4-3-13-24-15-17)26-21-10-8-18(9-11-21)19-5-2-6-20(23)14-19/h2-6,8-11,13-16,22,25H,7,12H2,1H3. The molecule has 0 saturated heterocycles. The van der Waals surface area contributed by atoms with Gasteiger partial charge in [-0.15, -0.1) is 0 Å². The number of hydrogen-bond donors (Lipinski definition) is 1. The van der Waals surface area contributed by atoms with Gasteiger partial charge in [0.15, 0.2) is 0 Å². The number of aliphatic hydroxyl groups excluding tert-OH is 1.